The molecule has 50 heavy (non-hydrogen) atoms. The van der Waals surface area contributed by atoms with E-state index in [4.69, 9.17) is 4.99 Å². The fourth-order valence-electron chi connectivity index (χ4n) is 5.51. The van der Waals surface area contributed by atoms with Gasteiger partial charge in [0, 0.05) is 19.0 Å². The van der Waals surface area contributed by atoms with E-state index in [0.29, 0.717) is 6.42 Å². The van der Waals surface area contributed by atoms with Gasteiger partial charge in [-0.15, -0.1) is 0 Å². The summed E-state index contributed by atoms with van der Waals surface area (Å²) in [6, 6.07) is 44.8. The molecule has 0 N–H and O–H groups in total. The lowest BCUT2D eigenvalue weighted by Crippen LogP contribution is -2.00. The highest BCUT2D eigenvalue weighted by Crippen LogP contribution is 2.30. The van der Waals surface area contributed by atoms with E-state index >= 15 is 0 Å². The summed E-state index contributed by atoms with van der Waals surface area (Å²) in [5.41, 5.74) is 11.9. The molecule has 5 rings (SSSR count). The molecule has 0 spiro atoms. The minimum Gasteiger partial charge on any atom is -0.270 e. The Bertz CT molecular complexity index is 2080. The Labute approximate surface area is 299 Å². The SMILES string of the molecule is C=C/C=C\C=C/CC(=NC(=NC)c1ccccc1)P=Cc1cccc(-c2cccc(-c3cccc(C/C=C\C=C\c4ccccc4)c3C)c2)c1. The lowest BCUT2D eigenvalue weighted by Gasteiger charge is -2.12. The van der Waals surface area contributed by atoms with Crippen molar-refractivity contribution < 1.29 is 0 Å². The van der Waals surface area contributed by atoms with E-state index in [1.165, 1.54) is 38.9 Å². The number of hydrogen-bond donors (Lipinski definition) is 0. The molecular formula is C47H43N2P. The summed E-state index contributed by atoms with van der Waals surface area (Å²) in [6.45, 7) is 5.98. The first kappa shape index (κ1) is 35.6. The molecule has 246 valence electrons. The number of nitrogens with zero attached hydrogens (tertiary/aromatic N) is 2. The molecule has 0 unspecified atom stereocenters. The van der Waals surface area contributed by atoms with Crippen LogP contribution in [0.4, 0.5) is 0 Å². The van der Waals surface area contributed by atoms with E-state index < -0.39 is 0 Å². The van der Waals surface area contributed by atoms with Crippen molar-refractivity contribution in [2.24, 2.45) is 9.98 Å². The number of amidine groups is 1. The molecule has 3 heteroatoms. The normalized spacial score (nSPS) is 12.7. The zero-order valence-corrected chi connectivity index (χ0v) is 29.8. The largest absolute Gasteiger partial charge is 0.270 e. The highest BCUT2D eigenvalue weighted by Gasteiger charge is 2.08. The van der Waals surface area contributed by atoms with Crippen LogP contribution in [-0.4, -0.2) is 24.1 Å². The Morgan fingerprint density at radius 1 is 0.660 bits per heavy atom. The van der Waals surface area contributed by atoms with Gasteiger partial charge in [0.15, 0.2) is 5.84 Å². The second kappa shape index (κ2) is 19.3. The van der Waals surface area contributed by atoms with Crippen molar-refractivity contribution >= 4 is 31.4 Å². The predicted octanol–water partition coefficient (Wildman–Crippen LogP) is 12.4. The Hall–Kier alpha value is -5.69. The molecule has 0 amide bonds. The minimum atomic E-state index is 0.714. The topological polar surface area (TPSA) is 24.7 Å². The highest BCUT2D eigenvalue weighted by atomic mass is 31.1. The third-order valence-corrected chi connectivity index (χ3v) is 9.16. The molecular weight excluding hydrogens is 624 g/mol. The van der Waals surface area contributed by atoms with Gasteiger partial charge in [-0.25, -0.2) is 4.99 Å². The molecule has 5 aromatic carbocycles. The van der Waals surface area contributed by atoms with Gasteiger partial charge >= 0.3 is 0 Å². The van der Waals surface area contributed by atoms with Crippen LogP contribution in [0.15, 0.2) is 193 Å². The summed E-state index contributed by atoms with van der Waals surface area (Å²) in [4.78, 5) is 9.49. The van der Waals surface area contributed by atoms with Crippen LogP contribution in [0.2, 0.25) is 0 Å². The smallest absolute Gasteiger partial charge is 0.154 e. The summed E-state index contributed by atoms with van der Waals surface area (Å²) in [6.07, 6.45) is 20.0. The average molecular weight is 667 g/mol. The Morgan fingerprint density at radius 3 is 2.12 bits per heavy atom. The fraction of sp³-hybridized carbons (Fsp3) is 0.0851. The lowest BCUT2D eigenvalue weighted by atomic mass is 9.92. The van der Waals surface area contributed by atoms with Crippen LogP contribution in [0.5, 0.6) is 0 Å². The minimum absolute atomic E-state index is 0.714. The fourth-order valence-corrected chi connectivity index (χ4v) is 6.33. The van der Waals surface area contributed by atoms with Crippen molar-refractivity contribution in [2.45, 2.75) is 19.8 Å². The van der Waals surface area contributed by atoms with Gasteiger partial charge in [0.1, 0.15) is 0 Å². The van der Waals surface area contributed by atoms with Gasteiger partial charge in [-0.2, -0.15) is 0 Å². The molecule has 2 nitrogen and oxygen atoms in total. The molecule has 0 heterocycles. The summed E-state index contributed by atoms with van der Waals surface area (Å²) >= 11 is 0. The molecule has 0 atom stereocenters. The standard InChI is InChI=1S/C47H43N2P/c1-4-5-6-7-17-33-46(49-47(48-3)41-26-15-10-16-27-41)50-36-39-24-18-29-42(34-39)43-30-19-31-44(35-43)45-32-20-28-40(37(45)2)25-14-9-13-23-38-21-11-8-12-22-38/h4-24,26-32,34-36H,1,25,33H2,2-3H3/b6-5-,14-9-,17-7-,23-13+,48-47?,49-46?. The van der Waals surface area contributed by atoms with Crippen LogP contribution in [0.25, 0.3) is 28.3 Å². The summed E-state index contributed by atoms with van der Waals surface area (Å²) in [7, 11) is 2.82. The van der Waals surface area contributed by atoms with Gasteiger partial charge in [0.05, 0.1) is 5.45 Å². The molecule has 5 aromatic rings. The molecule has 0 radical (unpaired) electrons. The van der Waals surface area contributed by atoms with Gasteiger partial charge in [-0.1, -0.05) is 185 Å². The van der Waals surface area contributed by atoms with E-state index in [1.807, 2.05) is 54.6 Å². The van der Waals surface area contributed by atoms with E-state index in [0.717, 1.165) is 37.0 Å². The van der Waals surface area contributed by atoms with Gasteiger partial charge < -0.3 is 0 Å². The van der Waals surface area contributed by atoms with E-state index in [9.17, 15) is 0 Å². The van der Waals surface area contributed by atoms with E-state index in [-0.39, 0.29) is 0 Å². The Balaban J connectivity index is 1.35. The molecule has 0 aliphatic carbocycles. The molecule has 0 aromatic heterocycles. The molecule has 0 aliphatic heterocycles. The molecule has 0 saturated heterocycles. The monoisotopic (exact) mass is 666 g/mol. The maximum absolute atomic E-state index is 5.00. The van der Waals surface area contributed by atoms with Crippen molar-refractivity contribution in [1.29, 1.82) is 0 Å². The molecule has 0 fully saturated rings. The van der Waals surface area contributed by atoms with Crippen molar-refractivity contribution in [3.63, 3.8) is 0 Å². The average Bonchev–Trinajstić information content (AvgIpc) is 3.17. The van der Waals surface area contributed by atoms with Crippen LogP contribution in [0, 0.1) is 6.92 Å². The van der Waals surface area contributed by atoms with Crippen molar-refractivity contribution in [3.05, 3.63) is 210 Å². The first-order chi connectivity index (χ1) is 24.6. The number of aliphatic imine (C=N–C) groups is 2. The Morgan fingerprint density at radius 2 is 1.34 bits per heavy atom. The maximum atomic E-state index is 5.00. The third-order valence-electron chi connectivity index (χ3n) is 8.15. The van der Waals surface area contributed by atoms with Crippen molar-refractivity contribution in [3.8, 4) is 22.3 Å². The predicted molar refractivity (Wildman–Crippen MR) is 222 cm³/mol. The molecule has 0 bridgehead atoms. The zero-order chi connectivity index (χ0) is 34.8. The van der Waals surface area contributed by atoms with Crippen LogP contribution in [0.1, 0.15) is 34.2 Å². The van der Waals surface area contributed by atoms with Gasteiger partial charge in [0.25, 0.3) is 0 Å². The van der Waals surface area contributed by atoms with Gasteiger partial charge in [0.2, 0.25) is 0 Å². The van der Waals surface area contributed by atoms with Gasteiger partial charge in [-0.3, -0.25) is 4.99 Å². The number of rotatable bonds is 13. The van der Waals surface area contributed by atoms with Crippen molar-refractivity contribution in [2.75, 3.05) is 7.05 Å². The van der Waals surface area contributed by atoms with Crippen LogP contribution >= 0.6 is 8.20 Å². The second-order valence-electron chi connectivity index (χ2n) is 11.7. The van der Waals surface area contributed by atoms with E-state index in [1.54, 1.807) is 13.1 Å². The number of hydrogen-bond acceptors (Lipinski definition) is 1. The molecule has 0 saturated carbocycles. The summed E-state index contributed by atoms with van der Waals surface area (Å²) in [5.74, 6) is 2.96. The number of benzene rings is 5. The quantitative estimate of drug-likeness (QED) is 0.0517. The first-order valence-electron chi connectivity index (χ1n) is 16.9. The third kappa shape index (κ3) is 10.7. The van der Waals surface area contributed by atoms with Crippen LogP contribution in [-0.2, 0) is 6.42 Å². The Kier molecular flexibility index (Phi) is 13.8. The van der Waals surface area contributed by atoms with E-state index in [2.05, 4.69) is 146 Å². The second-order valence-corrected chi connectivity index (χ2v) is 12.7. The number of allylic oxidation sites excluding steroid dienone is 8. The van der Waals surface area contributed by atoms with Gasteiger partial charge in [-0.05, 0) is 75.8 Å². The zero-order valence-electron chi connectivity index (χ0n) is 28.9. The highest BCUT2D eigenvalue weighted by molar-refractivity contribution is 7.58. The maximum Gasteiger partial charge on any atom is 0.154 e. The van der Waals surface area contributed by atoms with Crippen molar-refractivity contribution in [1.82, 2.24) is 0 Å². The summed E-state index contributed by atoms with van der Waals surface area (Å²) < 4.78 is 0. The van der Waals surface area contributed by atoms with Crippen LogP contribution in [0.3, 0.4) is 0 Å². The summed E-state index contributed by atoms with van der Waals surface area (Å²) in [5, 5.41) is 0. The first-order valence-corrected chi connectivity index (χ1v) is 17.9. The lowest BCUT2D eigenvalue weighted by molar-refractivity contribution is 1.21. The van der Waals surface area contributed by atoms with Crippen LogP contribution < -0.4 is 0 Å². The molecule has 0 aliphatic rings.